The second-order valence-electron chi connectivity index (χ2n) is 5.20. The van der Waals surface area contributed by atoms with Crippen molar-refractivity contribution in [3.63, 3.8) is 0 Å². The Hall–Kier alpha value is -1.58. The molecule has 2 rings (SSSR count). The number of carbonyl (C=O) groups is 1. The number of amides is 1. The normalized spacial score (nSPS) is 20.2. The van der Waals surface area contributed by atoms with Gasteiger partial charge in [0.05, 0.1) is 12.2 Å². The zero-order valence-corrected chi connectivity index (χ0v) is 11.9. The Morgan fingerprint density at radius 2 is 2.32 bits per heavy atom. The molecule has 1 aromatic rings. The van der Waals surface area contributed by atoms with Crippen LogP contribution in [0.2, 0.25) is 0 Å². The molecule has 1 aromatic heterocycles. The molecule has 0 aliphatic carbocycles. The van der Waals surface area contributed by atoms with E-state index in [0.717, 1.165) is 30.8 Å². The minimum Gasteiger partial charge on any atom is -0.388 e. The van der Waals surface area contributed by atoms with Gasteiger partial charge in [-0.15, -0.1) is 0 Å². The summed E-state index contributed by atoms with van der Waals surface area (Å²) >= 11 is 0. The summed E-state index contributed by atoms with van der Waals surface area (Å²) in [5.74, 6) is 0.971. The van der Waals surface area contributed by atoms with E-state index in [1.165, 1.54) is 6.42 Å². The average Bonchev–Trinajstić information content (AvgIpc) is 2.62. The van der Waals surface area contributed by atoms with Crippen molar-refractivity contribution in [3.8, 4) is 0 Å². The van der Waals surface area contributed by atoms with Gasteiger partial charge in [0.25, 0.3) is 0 Å². The SMILES string of the molecule is CCC1CCC(=O)N(Cc2cc(NC)ccn2)CC1. The molecule has 0 radical (unpaired) electrons. The maximum atomic E-state index is 12.1. The third-order valence-corrected chi connectivity index (χ3v) is 3.96. The van der Waals surface area contributed by atoms with Crippen molar-refractivity contribution >= 4 is 11.6 Å². The number of nitrogens with zero attached hydrogens (tertiary/aromatic N) is 2. The number of aromatic nitrogens is 1. The highest BCUT2D eigenvalue weighted by Gasteiger charge is 2.21. The Balaban J connectivity index is 2.02. The fourth-order valence-electron chi connectivity index (χ4n) is 2.58. The predicted molar refractivity (Wildman–Crippen MR) is 76.8 cm³/mol. The molecular formula is C15H23N3O. The van der Waals surface area contributed by atoms with Crippen molar-refractivity contribution in [2.45, 2.75) is 39.2 Å². The molecular weight excluding hydrogens is 238 g/mol. The van der Waals surface area contributed by atoms with Gasteiger partial charge in [0.1, 0.15) is 0 Å². The number of likely N-dealkylation sites (tertiary alicyclic amines) is 1. The van der Waals surface area contributed by atoms with Gasteiger partial charge >= 0.3 is 0 Å². The minimum atomic E-state index is 0.271. The lowest BCUT2D eigenvalue weighted by Crippen LogP contribution is -2.30. The van der Waals surface area contributed by atoms with Gasteiger partial charge in [-0.25, -0.2) is 0 Å². The first-order valence-corrected chi connectivity index (χ1v) is 7.13. The van der Waals surface area contributed by atoms with Crippen LogP contribution in [0.3, 0.4) is 0 Å². The van der Waals surface area contributed by atoms with E-state index < -0.39 is 0 Å². The minimum absolute atomic E-state index is 0.271. The first-order valence-electron chi connectivity index (χ1n) is 7.13. The lowest BCUT2D eigenvalue weighted by molar-refractivity contribution is -0.131. The molecule has 0 aromatic carbocycles. The number of hydrogen-bond acceptors (Lipinski definition) is 3. The third kappa shape index (κ3) is 3.69. The fourth-order valence-corrected chi connectivity index (χ4v) is 2.58. The van der Waals surface area contributed by atoms with Gasteiger partial charge in [0.15, 0.2) is 0 Å². The molecule has 104 valence electrons. The topological polar surface area (TPSA) is 45.2 Å². The van der Waals surface area contributed by atoms with Crippen LogP contribution in [0.4, 0.5) is 5.69 Å². The number of nitrogens with one attached hydrogen (secondary N) is 1. The summed E-state index contributed by atoms with van der Waals surface area (Å²) in [4.78, 5) is 18.4. The molecule has 1 unspecified atom stereocenters. The van der Waals surface area contributed by atoms with Crippen LogP contribution in [0.15, 0.2) is 18.3 Å². The van der Waals surface area contributed by atoms with E-state index in [-0.39, 0.29) is 5.91 Å². The van der Waals surface area contributed by atoms with Crippen molar-refractivity contribution in [3.05, 3.63) is 24.0 Å². The second kappa shape index (κ2) is 6.55. The molecule has 1 saturated heterocycles. The monoisotopic (exact) mass is 261 g/mol. The summed E-state index contributed by atoms with van der Waals surface area (Å²) in [6.07, 6.45) is 5.81. The quantitative estimate of drug-likeness (QED) is 0.906. The van der Waals surface area contributed by atoms with Crippen LogP contribution >= 0.6 is 0 Å². The van der Waals surface area contributed by atoms with Gasteiger partial charge in [0.2, 0.25) is 5.91 Å². The van der Waals surface area contributed by atoms with Gasteiger partial charge in [0, 0.05) is 31.9 Å². The average molecular weight is 261 g/mol. The van der Waals surface area contributed by atoms with Crippen LogP contribution in [0.5, 0.6) is 0 Å². The zero-order valence-electron chi connectivity index (χ0n) is 11.9. The Morgan fingerprint density at radius 1 is 1.47 bits per heavy atom. The summed E-state index contributed by atoms with van der Waals surface area (Å²) in [6, 6.07) is 3.94. The predicted octanol–water partition coefficient (Wildman–Crippen LogP) is 2.66. The van der Waals surface area contributed by atoms with E-state index in [1.54, 1.807) is 6.20 Å². The van der Waals surface area contributed by atoms with E-state index in [1.807, 2.05) is 24.1 Å². The van der Waals surface area contributed by atoms with Crippen molar-refractivity contribution in [2.24, 2.45) is 5.92 Å². The molecule has 4 nitrogen and oxygen atoms in total. The molecule has 1 aliphatic rings. The van der Waals surface area contributed by atoms with E-state index in [4.69, 9.17) is 0 Å². The molecule has 0 saturated carbocycles. The molecule has 0 spiro atoms. The highest BCUT2D eigenvalue weighted by atomic mass is 16.2. The molecule has 1 aliphatic heterocycles. The van der Waals surface area contributed by atoms with Crippen LogP contribution < -0.4 is 5.32 Å². The summed E-state index contributed by atoms with van der Waals surface area (Å²) < 4.78 is 0. The van der Waals surface area contributed by atoms with E-state index in [0.29, 0.717) is 18.9 Å². The zero-order chi connectivity index (χ0) is 13.7. The lowest BCUT2D eigenvalue weighted by atomic mass is 9.98. The van der Waals surface area contributed by atoms with Gasteiger partial charge in [-0.2, -0.15) is 0 Å². The van der Waals surface area contributed by atoms with E-state index >= 15 is 0 Å². The van der Waals surface area contributed by atoms with Crippen LogP contribution in [0.25, 0.3) is 0 Å². The Labute approximate surface area is 115 Å². The molecule has 1 atom stereocenters. The lowest BCUT2D eigenvalue weighted by Gasteiger charge is -2.20. The summed E-state index contributed by atoms with van der Waals surface area (Å²) in [5, 5.41) is 3.10. The van der Waals surface area contributed by atoms with Gasteiger partial charge in [-0.1, -0.05) is 13.3 Å². The molecule has 1 fully saturated rings. The van der Waals surface area contributed by atoms with E-state index in [2.05, 4.69) is 17.2 Å². The maximum absolute atomic E-state index is 12.1. The van der Waals surface area contributed by atoms with Crippen molar-refractivity contribution < 1.29 is 4.79 Å². The maximum Gasteiger partial charge on any atom is 0.222 e. The number of carbonyl (C=O) groups excluding carboxylic acids is 1. The molecule has 1 amide bonds. The summed E-state index contributed by atoms with van der Waals surface area (Å²) in [5.41, 5.74) is 1.99. The van der Waals surface area contributed by atoms with Crippen LogP contribution in [0, 0.1) is 5.92 Å². The molecule has 2 heterocycles. The van der Waals surface area contributed by atoms with Gasteiger partial charge in [-0.3, -0.25) is 9.78 Å². The second-order valence-corrected chi connectivity index (χ2v) is 5.20. The Morgan fingerprint density at radius 3 is 3.05 bits per heavy atom. The summed E-state index contributed by atoms with van der Waals surface area (Å²) in [6.45, 7) is 3.70. The first-order chi connectivity index (χ1) is 9.22. The summed E-state index contributed by atoms with van der Waals surface area (Å²) in [7, 11) is 1.89. The highest BCUT2D eigenvalue weighted by Crippen LogP contribution is 2.22. The number of rotatable bonds is 4. The van der Waals surface area contributed by atoms with Crippen molar-refractivity contribution in [1.82, 2.24) is 9.88 Å². The van der Waals surface area contributed by atoms with Gasteiger partial charge < -0.3 is 10.2 Å². The highest BCUT2D eigenvalue weighted by molar-refractivity contribution is 5.76. The van der Waals surface area contributed by atoms with Crippen molar-refractivity contribution in [2.75, 3.05) is 18.9 Å². The molecule has 4 heteroatoms. The number of pyridine rings is 1. The third-order valence-electron chi connectivity index (χ3n) is 3.96. The molecule has 1 N–H and O–H groups in total. The van der Waals surface area contributed by atoms with Crippen LogP contribution in [0.1, 0.15) is 38.3 Å². The van der Waals surface area contributed by atoms with E-state index in [9.17, 15) is 4.79 Å². The van der Waals surface area contributed by atoms with Crippen LogP contribution in [-0.4, -0.2) is 29.4 Å². The smallest absolute Gasteiger partial charge is 0.222 e. The van der Waals surface area contributed by atoms with Crippen molar-refractivity contribution in [1.29, 1.82) is 0 Å². The van der Waals surface area contributed by atoms with Crippen LogP contribution in [-0.2, 0) is 11.3 Å². The standard InChI is InChI=1S/C15H23N3O/c1-3-12-4-5-15(19)18(9-7-12)11-14-10-13(16-2)6-8-17-14/h6,8,10,12H,3-5,7,9,11H2,1-2H3,(H,16,17). The Bertz CT molecular complexity index is 433. The van der Waals surface area contributed by atoms with Gasteiger partial charge in [-0.05, 0) is 30.9 Å². The first kappa shape index (κ1) is 13.8. The largest absolute Gasteiger partial charge is 0.388 e. The Kier molecular flexibility index (Phi) is 4.77. The number of hydrogen-bond donors (Lipinski definition) is 1. The molecule has 19 heavy (non-hydrogen) atoms. The fraction of sp³-hybridized carbons (Fsp3) is 0.600. The number of anilines is 1. The molecule has 0 bridgehead atoms.